The van der Waals surface area contributed by atoms with Crippen molar-refractivity contribution < 1.29 is 28.2 Å². The highest BCUT2D eigenvalue weighted by atomic mass is 19.1. The first-order valence-electron chi connectivity index (χ1n) is 10.7. The Labute approximate surface area is 188 Å². The average molecular weight is 461 g/mol. The van der Waals surface area contributed by atoms with Gasteiger partial charge in [0.1, 0.15) is 17.2 Å². The van der Waals surface area contributed by atoms with Gasteiger partial charge in [-0.15, -0.1) is 0 Å². The third-order valence-corrected chi connectivity index (χ3v) is 6.72. The number of nitrogens with zero attached hydrogens (tertiary/aromatic N) is 2. The van der Waals surface area contributed by atoms with E-state index in [0.717, 1.165) is 31.7 Å². The number of fused-ring (bicyclic) bond motifs is 1. The van der Waals surface area contributed by atoms with Gasteiger partial charge in [0.05, 0.1) is 17.8 Å². The Morgan fingerprint density at radius 3 is 2.58 bits per heavy atom. The highest BCUT2D eigenvalue weighted by Gasteiger charge is 2.47. The Morgan fingerprint density at radius 1 is 1.24 bits per heavy atom. The lowest BCUT2D eigenvalue weighted by Crippen LogP contribution is -2.56. The molecule has 2 aromatic rings. The minimum absolute atomic E-state index is 0.0297. The number of amides is 2. The van der Waals surface area contributed by atoms with Crippen molar-refractivity contribution in [1.29, 1.82) is 0 Å². The van der Waals surface area contributed by atoms with E-state index in [1.54, 1.807) is 11.9 Å². The quantitative estimate of drug-likeness (QED) is 0.712. The Bertz CT molecular complexity index is 1190. The third-order valence-electron chi connectivity index (χ3n) is 6.72. The number of hydrogen-bond acceptors (Lipinski definition) is 5. The SMILES string of the molecule is COCc1c(C(=O)NCc2ccc(F)cc2F)c(=O)c(O)c2n1CC1(CCCC1)N(C)C2=O. The second-order valence-corrected chi connectivity index (χ2v) is 8.58. The lowest BCUT2D eigenvalue weighted by Gasteiger charge is -2.45. The van der Waals surface area contributed by atoms with Gasteiger partial charge in [0.2, 0.25) is 5.43 Å². The van der Waals surface area contributed by atoms with Gasteiger partial charge >= 0.3 is 0 Å². The fourth-order valence-electron chi connectivity index (χ4n) is 4.90. The first kappa shape index (κ1) is 22.9. The van der Waals surface area contributed by atoms with E-state index in [0.29, 0.717) is 12.6 Å². The van der Waals surface area contributed by atoms with Crippen molar-refractivity contribution in [3.63, 3.8) is 0 Å². The largest absolute Gasteiger partial charge is 0.503 e. The van der Waals surface area contributed by atoms with E-state index in [1.807, 2.05) is 0 Å². The molecule has 33 heavy (non-hydrogen) atoms. The molecule has 2 N–H and O–H groups in total. The number of carbonyl (C=O) groups is 2. The molecule has 4 rings (SSSR count). The van der Waals surface area contributed by atoms with Crippen LogP contribution in [0.5, 0.6) is 5.75 Å². The molecule has 2 heterocycles. The van der Waals surface area contributed by atoms with Crippen molar-refractivity contribution in [2.75, 3.05) is 14.2 Å². The number of rotatable bonds is 5. The maximum absolute atomic E-state index is 14.0. The molecule has 2 aliphatic rings. The molecule has 1 spiro atoms. The first-order valence-corrected chi connectivity index (χ1v) is 10.7. The number of benzene rings is 1. The van der Waals surface area contributed by atoms with Gasteiger partial charge in [0.15, 0.2) is 11.4 Å². The average Bonchev–Trinajstić information content (AvgIpc) is 3.24. The maximum Gasteiger partial charge on any atom is 0.274 e. The summed E-state index contributed by atoms with van der Waals surface area (Å²) < 4.78 is 33.9. The number of carbonyl (C=O) groups excluding carboxylic acids is 2. The summed E-state index contributed by atoms with van der Waals surface area (Å²) in [6.45, 7) is -0.141. The summed E-state index contributed by atoms with van der Waals surface area (Å²) in [6.07, 6.45) is 3.41. The van der Waals surface area contributed by atoms with Crippen LogP contribution in [0.4, 0.5) is 8.78 Å². The zero-order valence-corrected chi connectivity index (χ0v) is 18.4. The summed E-state index contributed by atoms with van der Waals surface area (Å²) in [5, 5.41) is 13.1. The van der Waals surface area contributed by atoms with Gasteiger partial charge in [-0.1, -0.05) is 18.9 Å². The zero-order chi connectivity index (χ0) is 23.9. The molecule has 0 radical (unpaired) electrons. The van der Waals surface area contributed by atoms with Crippen molar-refractivity contribution in [3.05, 3.63) is 62.6 Å². The van der Waals surface area contributed by atoms with Crippen LogP contribution < -0.4 is 10.7 Å². The summed E-state index contributed by atoms with van der Waals surface area (Å²) >= 11 is 0. The van der Waals surface area contributed by atoms with Crippen LogP contribution in [-0.4, -0.2) is 46.1 Å². The number of hydrogen-bond donors (Lipinski definition) is 2. The Hall–Kier alpha value is -3.27. The number of aromatic hydroxyl groups is 1. The number of nitrogens with one attached hydrogen (secondary N) is 1. The number of aromatic nitrogens is 1. The van der Waals surface area contributed by atoms with Gasteiger partial charge in [0, 0.05) is 38.9 Å². The molecule has 0 unspecified atom stereocenters. The van der Waals surface area contributed by atoms with Crippen LogP contribution in [0.3, 0.4) is 0 Å². The van der Waals surface area contributed by atoms with Gasteiger partial charge in [0.25, 0.3) is 11.8 Å². The molecule has 2 amide bonds. The van der Waals surface area contributed by atoms with Crippen molar-refractivity contribution >= 4 is 11.8 Å². The molecule has 0 saturated heterocycles. The number of pyridine rings is 1. The molecule has 10 heteroatoms. The van der Waals surface area contributed by atoms with Crippen LogP contribution in [0.15, 0.2) is 23.0 Å². The maximum atomic E-state index is 14.0. The molecule has 0 bridgehead atoms. The van der Waals surface area contributed by atoms with E-state index in [9.17, 15) is 28.3 Å². The molecule has 1 aliphatic carbocycles. The summed E-state index contributed by atoms with van der Waals surface area (Å²) in [5.41, 5.74) is -1.82. The van der Waals surface area contributed by atoms with E-state index in [1.165, 1.54) is 17.7 Å². The Balaban J connectivity index is 1.77. The van der Waals surface area contributed by atoms with Crippen LogP contribution in [0, 0.1) is 11.6 Å². The van der Waals surface area contributed by atoms with E-state index < -0.39 is 40.2 Å². The normalized spacial score (nSPS) is 16.8. The molecular formula is C23H25F2N3O5. The molecule has 1 aromatic carbocycles. The van der Waals surface area contributed by atoms with Crippen molar-refractivity contribution in [3.8, 4) is 5.75 Å². The predicted molar refractivity (Wildman–Crippen MR) is 114 cm³/mol. The van der Waals surface area contributed by atoms with Crippen molar-refractivity contribution in [2.45, 2.75) is 50.9 Å². The smallest absolute Gasteiger partial charge is 0.274 e. The molecule has 176 valence electrons. The number of ether oxygens (including phenoxy) is 1. The topological polar surface area (TPSA) is 101 Å². The van der Waals surface area contributed by atoms with Gasteiger partial charge in [-0.25, -0.2) is 8.78 Å². The third kappa shape index (κ3) is 3.78. The highest BCUT2D eigenvalue weighted by molar-refractivity contribution is 6.00. The van der Waals surface area contributed by atoms with Gasteiger partial charge < -0.3 is 24.6 Å². The molecule has 1 aliphatic heterocycles. The molecule has 1 saturated carbocycles. The Morgan fingerprint density at radius 2 is 1.94 bits per heavy atom. The first-order chi connectivity index (χ1) is 15.7. The minimum atomic E-state index is -1.01. The van der Waals surface area contributed by atoms with Gasteiger partial charge in [-0.05, 0) is 18.9 Å². The fraction of sp³-hybridized carbons (Fsp3) is 0.435. The van der Waals surface area contributed by atoms with Gasteiger partial charge in [-0.2, -0.15) is 0 Å². The standard InChI is InChI=1S/C23H25F2N3O5/c1-27-22(32)18-20(30)19(29)17(21(31)26-10-13-5-6-14(24)9-15(13)25)16(11-33-2)28(18)12-23(27)7-3-4-8-23/h5-6,9,30H,3-4,7-8,10-12H2,1-2H3,(H,26,31). The summed E-state index contributed by atoms with van der Waals surface area (Å²) in [6, 6.07) is 2.95. The lowest BCUT2D eigenvalue weighted by molar-refractivity contribution is 0.0400. The molecule has 0 atom stereocenters. The molecular weight excluding hydrogens is 436 g/mol. The molecule has 1 aromatic heterocycles. The van der Waals surface area contributed by atoms with Crippen molar-refractivity contribution in [1.82, 2.24) is 14.8 Å². The van der Waals surface area contributed by atoms with Crippen LogP contribution in [-0.2, 0) is 24.4 Å². The van der Waals surface area contributed by atoms with Crippen LogP contribution in [0.2, 0.25) is 0 Å². The van der Waals surface area contributed by atoms with E-state index in [2.05, 4.69) is 5.32 Å². The summed E-state index contributed by atoms with van der Waals surface area (Å²) in [7, 11) is 3.05. The second-order valence-electron chi connectivity index (χ2n) is 8.58. The van der Waals surface area contributed by atoms with Crippen LogP contribution in [0.1, 0.15) is 57.8 Å². The van der Waals surface area contributed by atoms with E-state index in [-0.39, 0.29) is 35.7 Å². The van der Waals surface area contributed by atoms with E-state index in [4.69, 9.17) is 4.74 Å². The van der Waals surface area contributed by atoms with Crippen molar-refractivity contribution in [2.24, 2.45) is 0 Å². The zero-order valence-electron chi connectivity index (χ0n) is 18.4. The summed E-state index contributed by atoms with van der Waals surface area (Å²) in [4.78, 5) is 40.8. The number of likely N-dealkylation sites (N-methyl/N-ethyl adjacent to an activating group) is 1. The fourth-order valence-corrected chi connectivity index (χ4v) is 4.90. The minimum Gasteiger partial charge on any atom is -0.503 e. The summed E-state index contributed by atoms with van der Waals surface area (Å²) in [5.74, 6) is -3.74. The predicted octanol–water partition coefficient (Wildman–Crippen LogP) is 2.31. The molecule has 1 fully saturated rings. The molecule has 8 nitrogen and oxygen atoms in total. The number of methoxy groups -OCH3 is 1. The highest BCUT2D eigenvalue weighted by Crippen LogP contribution is 2.41. The number of halogens is 2. The van der Waals surface area contributed by atoms with Crippen LogP contribution in [0.25, 0.3) is 0 Å². The Kier molecular flexibility index (Phi) is 5.96. The monoisotopic (exact) mass is 461 g/mol. The lowest BCUT2D eigenvalue weighted by atomic mass is 9.91. The van der Waals surface area contributed by atoms with E-state index >= 15 is 0 Å². The second kappa shape index (κ2) is 8.58. The van der Waals surface area contributed by atoms with Crippen LogP contribution >= 0.6 is 0 Å². The van der Waals surface area contributed by atoms with Gasteiger partial charge in [-0.3, -0.25) is 14.4 Å².